The van der Waals surface area contributed by atoms with Crippen molar-refractivity contribution in [2.24, 2.45) is 7.05 Å². The number of nitrogens with one attached hydrogen (secondary N) is 1. The third kappa shape index (κ3) is 3.27. The first-order valence-electron chi connectivity index (χ1n) is 9.31. The molecule has 0 radical (unpaired) electrons. The van der Waals surface area contributed by atoms with E-state index in [0.29, 0.717) is 12.1 Å². The van der Waals surface area contributed by atoms with Gasteiger partial charge in [-0.25, -0.2) is 9.97 Å². The predicted octanol–water partition coefficient (Wildman–Crippen LogP) is 3.22. The van der Waals surface area contributed by atoms with Crippen LogP contribution in [0.2, 0.25) is 0 Å². The fourth-order valence-electron chi connectivity index (χ4n) is 4.06. The number of methoxy groups -OCH3 is 1. The molecule has 0 saturated heterocycles. The lowest BCUT2D eigenvalue weighted by molar-refractivity contribution is 0.0943. The van der Waals surface area contributed by atoms with E-state index in [1.54, 1.807) is 25.7 Å². The van der Waals surface area contributed by atoms with Crippen LogP contribution in [-0.2, 0) is 12.5 Å². The Kier molecular flexibility index (Phi) is 4.56. The summed E-state index contributed by atoms with van der Waals surface area (Å²) in [5, 5.41) is 3.14. The van der Waals surface area contributed by atoms with E-state index in [0.717, 1.165) is 29.8 Å². The number of aryl methyl sites for hydroxylation is 1. The normalized spacial score (nSPS) is 15.8. The molecule has 27 heavy (non-hydrogen) atoms. The minimum Gasteiger partial charge on any atom is -0.497 e. The number of amides is 1. The molecule has 6 heteroatoms. The highest BCUT2D eigenvalue weighted by Gasteiger charge is 2.36. The summed E-state index contributed by atoms with van der Waals surface area (Å²) < 4.78 is 7.11. The van der Waals surface area contributed by atoms with E-state index in [-0.39, 0.29) is 11.3 Å². The number of nitrogens with zero attached hydrogens (tertiary/aromatic N) is 3. The van der Waals surface area contributed by atoms with Crippen LogP contribution in [-0.4, -0.2) is 34.1 Å². The molecule has 1 fully saturated rings. The molecule has 0 bridgehead atoms. The van der Waals surface area contributed by atoms with Crippen LogP contribution in [0, 0.1) is 0 Å². The van der Waals surface area contributed by atoms with Crippen LogP contribution >= 0.6 is 0 Å². The van der Waals surface area contributed by atoms with Gasteiger partial charge in [0.15, 0.2) is 5.65 Å². The maximum absolute atomic E-state index is 12.7. The first-order chi connectivity index (χ1) is 13.1. The average molecular weight is 364 g/mol. The molecule has 1 N–H and O–H groups in total. The summed E-state index contributed by atoms with van der Waals surface area (Å²) in [4.78, 5) is 21.4. The van der Waals surface area contributed by atoms with E-state index >= 15 is 0 Å². The molecule has 2 heterocycles. The number of hydrogen-bond acceptors (Lipinski definition) is 4. The molecule has 0 spiro atoms. The van der Waals surface area contributed by atoms with E-state index < -0.39 is 0 Å². The largest absolute Gasteiger partial charge is 0.497 e. The minimum absolute atomic E-state index is 0.00947. The SMILES string of the molecule is COc1ccc(C2(CNC(=O)c3cnc4c(c3)ncn4C)CCCC2)cc1. The lowest BCUT2D eigenvalue weighted by Gasteiger charge is -2.30. The second kappa shape index (κ2) is 7.02. The van der Waals surface area contributed by atoms with Crippen molar-refractivity contribution in [1.82, 2.24) is 19.9 Å². The number of pyridine rings is 1. The Morgan fingerprint density at radius 1 is 1.22 bits per heavy atom. The van der Waals surface area contributed by atoms with Gasteiger partial charge in [0.1, 0.15) is 11.3 Å². The van der Waals surface area contributed by atoms with Crippen LogP contribution in [0.25, 0.3) is 11.2 Å². The van der Waals surface area contributed by atoms with Crippen molar-refractivity contribution in [2.75, 3.05) is 13.7 Å². The number of carbonyl (C=O) groups is 1. The molecule has 6 nitrogen and oxygen atoms in total. The van der Waals surface area contributed by atoms with Crippen LogP contribution < -0.4 is 10.1 Å². The maximum Gasteiger partial charge on any atom is 0.252 e. The fraction of sp³-hybridized carbons (Fsp3) is 0.381. The number of benzene rings is 1. The Hall–Kier alpha value is -2.89. The highest BCUT2D eigenvalue weighted by molar-refractivity contribution is 5.96. The molecule has 0 atom stereocenters. The van der Waals surface area contributed by atoms with Gasteiger partial charge in [-0.3, -0.25) is 4.79 Å². The predicted molar refractivity (Wildman–Crippen MR) is 104 cm³/mol. The van der Waals surface area contributed by atoms with E-state index in [2.05, 4.69) is 27.4 Å². The van der Waals surface area contributed by atoms with E-state index in [4.69, 9.17) is 4.74 Å². The average Bonchev–Trinajstić information content (AvgIpc) is 3.34. The second-order valence-corrected chi connectivity index (χ2v) is 7.32. The summed E-state index contributed by atoms with van der Waals surface area (Å²) in [7, 11) is 3.56. The molecule has 1 amide bonds. The standard InChI is InChI=1S/C21H24N4O2/c1-25-14-24-18-11-15(12-22-19(18)25)20(26)23-13-21(9-3-4-10-21)16-5-7-17(27-2)8-6-16/h5-8,11-12,14H,3-4,9-10,13H2,1-2H3,(H,23,26). The summed E-state index contributed by atoms with van der Waals surface area (Å²) in [6.07, 6.45) is 7.85. The van der Waals surface area contributed by atoms with Gasteiger partial charge in [-0.1, -0.05) is 25.0 Å². The van der Waals surface area contributed by atoms with Gasteiger partial charge in [0, 0.05) is 25.2 Å². The van der Waals surface area contributed by atoms with Crippen molar-refractivity contribution >= 4 is 17.1 Å². The van der Waals surface area contributed by atoms with Crippen molar-refractivity contribution in [3.8, 4) is 5.75 Å². The number of imidazole rings is 1. The van der Waals surface area contributed by atoms with Crippen molar-refractivity contribution in [3.63, 3.8) is 0 Å². The van der Waals surface area contributed by atoms with Crippen LogP contribution in [0.15, 0.2) is 42.9 Å². The minimum atomic E-state index is -0.102. The van der Waals surface area contributed by atoms with E-state index in [1.807, 2.05) is 23.7 Å². The zero-order valence-electron chi connectivity index (χ0n) is 15.7. The molecule has 1 aliphatic rings. The van der Waals surface area contributed by atoms with Crippen molar-refractivity contribution in [3.05, 3.63) is 54.0 Å². The molecule has 2 aromatic heterocycles. The molecule has 4 rings (SSSR count). The number of rotatable bonds is 5. The molecule has 0 unspecified atom stereocenters. The van der Waals surface area contributed by atoms with Crippen LogP contribution in [0.3, 0.4) is 0 Å². The molecule has 1 saturated carbocycles. The summed E-state index contributed by atoms with van der Waals surface area (Å²) >= 11 is 0. The van der Waals surface area contributed by atoms with Gasteiger partial charge in [0.2, 0.25) is 0 Å². The highest BCUT2D eigenvalue weighted by Crippen LogP contribution is 2.41. The molecular weight excluding hydrogens is 340 g/mol. The Morgan fingerprint density at radius 2 is 1.96 bits per heavy atom. The van der Waals surface area contributed by atoms with Gasteiger partial charge in [0.05, 0.1) is 19.0 Å². The molecule has 140 valence electrons. The zero-order chi connectivity index (χ0) is 18.9. The quantitative estimate of drug-likeness (QED) is 0.755. The first kappa shape index (κ1) is 17.5. The molecule has 0 aliphatic heterocycles. The summed E-state index contributed by atoms with van der Waals surface area (Å²) in [5.41, 5.74) is 3.31. The van der Waals surface area contributed by atoms with Gasteiger partial charge in [-0.15, -0.1) is 0 Å². The monoisotopic (exact) mass is 364 g/mol. The Balaban J connectivity index is 1.52. The molecular formula is C21H24N4O2. The summed E-state index contributed by atoms with van der Waals surface area (Å²) in [5.74, 6) is 0.750. The van der Waals surface area contributed by atoms with Gasteiger partial charge >= 0.3 is 0 Å². The maximum atomic E-state index is 12.7. The van der Waals surface area contributed by atoms with Crippen molar-refractivity contribution < 1.29 is 9.53 Å². The molecule has 3 aromatic rings. The van der Waals surface area contributed by atoms with Crippen LogP contribution in [0.4, 0.5) is 0 Å². The van der Waals surface area contributed by atoms with Gasteiger partial charge < -0.3 is 14.6 Å². The Labute approximate surface area is 158 Å². The highest BCUT2D eigenvalue weighted by atomic mass is 16.5. The Bertz CT molecular complexity index is 956. The van der Waals surface area contributed by atoms with Crippen LogP contribution in [0.5, 0.6) is 5.75 Å². The van der Waals surface area contributed by atoms with Gasteiger partial charge in [-0.2, -0.15) is 0 Å². The fourth-order valence-corrected chi connectivity index (χ4v) is 4.06. The van der Waals surface area contributed by atoms with Gasteiger partial charge in [0.25, 0.3) is 5.91 Å². The topological polar surface area (TPSA) is 69.0 Å². The molecule has 1 aliphatic carbocycles. The summed E-state index contributed by atoms with van der Waals surface area (Å²) in [6, 6.07) is 10.0. The third-order valence-electron chi connectivity index (χ3n) is 5.66. The van der Waals surface area contributed by atoms with Gasteiger partial charge in [-0.05, 0) is 36.6 Å². The van der Waals surface area contributed by atoms with Crippen molar-refractivity contribution in [1.29, 1.82) is 0 Å². The lowest BCUT2D eigenvalue weighted by atomic mass is 9.78. The number of aromatic nitrogens is 3. The number of fused-ring (bicyclic) bond motifs is 1. The first-order valence-corrected chi connectivity index (χ1v) is 9.31. The number of carbonyl (C=O) groups excluding carboxylic acids is 1. The summed E-state index contributed by atoms with van der Waals surface area (Å²) in [6.45, 7) is 0.623. The number of ether oxygens (including phenoxy) is 1. The van der Waals surface area contributed by atoms with Crippen LogP contribution in [0.1, 0.15) is 41.6 Å². The van der Waals surface area contributed by atoms with E-state index in [9.17, 15) is 4.79 Å². The number of hydrogen-bond donors (Lipinski definition) is 1. The zero-order valence-corrected chi connectivity index (χ0v) is 15.7. The van der Waals surface area contributed by atoms with E-state index in [1.165, 1.54) is 18.4 Å². The smallest absolute Gasteiger partial charge is 0.252 e. The lowest BCUT2D eigenvalue weighted by Crippen LogP contribution is -2.39. The molecule has 1 aromatic carbocycles. The second-order valence-electron chi connectivity index (χ2n) is 7.32. The third-order valence-corrected chi connectivity index (χ3v) is 5.66. The van der Waals surface area contributed by atoms with Crippen molar-refractivity contribution in [2.45, 2.75) is 31.1 Å². The Morgan fingerprint density at radius 3 is 2.67 bits per heavy atom.